The van der Waals surface area contributed by atoms with Crippen LogP contribution in [-0.2, 0) is 20.7 Å². The van der Waals surface area contributed by atoms with Gasteiger partial charge in [0.15, 0.2) is 6.04 Å². The second-order valence-electron chi connectivity index (χ2n) is 4.59. The van der Waals surface area contributed by atoms with E-state index < -0.39 is 12.0 Å². The molecule has 116 valence electrons. The highest BCUT2D eigenvalue weighted by Gasteiger charge is 2.19. The SMILES string of the molecule is CCCOc1cccc(CC(=O)NC(COC)C(=O)O)c1. The molecule has 1 aromatic carbocycles. The van der Waals surface area contributed by atoms with E-state index in [1.165, 1.54) is 7.11 Å². The molecule has 0 saturated heterocycles. The molecule has 1 aromatic rings. The molecule has 6 heteroatoms. The molecule has 0 heterocycles. The quantitative estimate of drug-likeness (QED) is 0.716. The number of carbonyl (C=O) groups is 2. The largest absolute Gasteiger partial charge is 0.494 e. The fourth-order valence-electron chi connectivity index (χ4n) is 1.74. The summed E-state index contributed by atoms with van der Waals surface area (Å²) in [5.74, 6) is -0.786. The van der Waals surface area contributed by atoms with E-state index in [9.17, 15) is 9.59 Å². The number of methoxy groups -OCH3 is 1. The smallest absolute Gasteiger partial charge is 0.328 e. The highest BCUT2D eigenvalue weighted by molar-refractivity contribution is 5.85. The minimum absolute atomic E-state index is 0.0687. The number of amides is 1. The van der Waals surface area contributed by atoms with Gasteiger partial charge in [0, 0.05) is 7.11 Å². The number of carbonyl (C=O) groups excluding carboxylic acids is 1. The lowest BCUT2D eigenvalue weighted by Gasteiger charge is -2.13. The molecular weight excluding hydrogens is 274 g/mol. The first-order valence-corrected chi connectivity index (χ1v) is 6.79. The van der Waals surface area contributed by atoms with E-state index in [2.05, 4.69) is 5.32 Å². The van der Waals surface area contributed by atoms with Crippen LogP contribution in [0.1, 0.15) is 18.9 Å². The van der Waals surface area contributed by atoms with Gasteiger partial charge in [-0.25, -0.2) is 4.79 Å². The minimum Gasteiger partial charge on any atom is -0.494 e. The Balaban J connectivity index is 2.59. The second kappa shape index (κ2) is 8.97. The summed E-state index contributed by atoms with van der Waals surface area (Å²) in [5, 5.41) is 11.4. The molecule has 0 aliphatic rings. The Labute approximate surface area is 124 Å². The zero-order valence-corrected chi connectivity index (χ0v) is 12.3. The summed E-state index contributed by atoms with van der Waals surface area (Å²) < 4.78 is 10.3. The van der Waals surface area contributed by atoms with E-state index in [0.717, 1.165) is 12.0 Å². The molecule has 0 spiro atoms. The summed E-state index contributed by atoms with van der Waals surface area (Å²) in [5.41, 5.74) is 0.766. The maximum Gasteiger partial charge on any atom is 0.328 e. The summed E-state index contributed by atoms with van der Waals surface area (Å²) >= 11 is 0. The molecule has 1 atom stereocenters. The van der Waals surface area contributed by atoms with E-state index in [1.807, 2.05) is 13.0 Å². The molecule has 6 nitrogen and oxygen atoms in total. The van der Waals surface area contributed by atoms with Crippen LogP contribution in [0, 0.1) is 0 Å². The molecular formula is C15H21NO5. The van der Waals surface area contributed by atoms with Crippen molar-refractivity contribution in [2.75, 3.05) is 20.3 Å². The van der Waals surface area contributed by atoms with E-state index >= 15 is 0 Å². The number of aliphatic carboxylic acids is 1. The van der Waals surface area contributed by atoms with Crippen molar-refractivity contribution in [1.82, 2.24) is 5.32 Å². The van der Waals surface area contributed by atoms with Gasteiger partial charge < -0.3 is 19.9 Å². The fourth-order valence-corrected chi connectivity index (χ4v) is 1.74. The number of hydrogen-bond donors (Lipinski definition) is 2. The summed E-state index contributed by atoms with van der Waals surface area (Å²) in [6.45, 7) is 2.56. The maximum atomic E-state index is 11.9. The van der Waals surface area contributed by atoms with Crippen LogP contribution in [0.4, 0.5) is 0 Å². The second-order valence-corrected chi connectivity index (χ2v) is 4.59. The first-order valence-electron chi connectivity index (χ1n) is 6.79. The molecule has 0 fully saturated rings. The van der Waals surface area contributed by atoms with Crippen LogP contribution in [-0.4, -0.2) is 43.3 Å². The van der Waals surface area contributed by atoms with Gasteiger partial charge in [-0.15, -0.1) is 0 Å². The van der Waals surface area contributed by atoms with Crippen molar-refractivity contribution >= 4 is 11.9 Å². The van der Waals surface area contributed by atoms with Crippen molar-refractivity contribution < 1.29 is 24.2 Å². The molecule has 21 heavy (non-hydrogen) atoms. The van der Waals surface area contributed by atoms with Crippen molar-refractivity contribution in [3.05, 3.63) is 29.8 Å². The van der Waals surface area contributed by atoms with Gasteiger partial charge >= 0.3 is 5.97 Å². The molecule has 1 rings (SSSR count). The van der Waals surface area contributed by atoms with Crippen LogP contribution in [0.3, 0.4) is 0 Å². The number of carboxylic acids is 1. The van der Waals surface area contributed by atoms with Crippen molar-refractivity contribution in [3.63, 3.8) is 0 Å². The highest BCUT2D eigenvalue weighted by Crippen LogP contribution is 2.14. The topological polar surface area (TPSA) is 84.9 Å². The van der Waals surface area contributed by atoms with Gasteiger partial charge in [0.05, 0.1) is 19.6 Å². The van der Waals surface area contributed by atoms with Gasteiger partial charge in [-0.1, -0.05) is 19.1 Å². The Morgan fingerprint density at radius 3 is 2.76 bits per heavy atom. The van der Waals surface area contributed by atoms with Crippen molar-refractivity contribution in [1.29, 1.82) is 0 Å². The molecule has 0 bridgehead atoms. The van der Waals surface area contributed by atoms with E-state index in [-0.39, 0.29) is 18.9 Å². The zero-order chi connectivity index (χ0) is 15.7. The zero-order valence-electron chi connectivity index (χ0n) is 12.3. The molecule has 0 saturated carbocycles. The average Bonchev–Trinajstić information content (AvgIpc) is 2.45. The molecule has 0 aliphatic carbocycles. The van der Waals surface area contributed by atoms with E-state index in [4.69, 9.17) is 14.6 Å². The molecule has 0 radical (unpaired) electrons. The van der Waals surface area contributed by atoms with Crippen LogP contribution in [0.15, 0.2) is 24.3 Å². The van der Waals surface area contributed by atoms with E-state index in [1.54, 1.807) is 18.2 Å². The van der Waals surface area contributed by atoms with Gasteiger partial charge in [0.25, 0.3) is 0 Å². The van der Waals surface area contributed by atoms with Crippen molar-refractivity contribution in [2.24, 2.45) is 0 Å². The van der Waals surface area contributed by atoms with E-state index in [0.29, 0.717) is 12.4 Å². The van der Waals surface area contributed by atoms with Crippen LogP contribution >= 0.6 is 0 Å². The van der Waals surface area contributed by atoms with Gasteiger partial charge in [-0.3, -0.25) is 4.79 Å². The first kappa shape index (κ1) is 17.0. The summed E-state index contributed by atoms with van der Waals surface area (Å²) in [7, 11) is 1.39. The molecule has 2 N–H and O–H groups in total. The predicted molar refractivity (Wildman–Crippen MR) is 77.4 cm³/mol. The highest BCUT2D eigenvalue weighted by atomic mass is 16.5. The monoisotopic (exact) mass is 295 g/mol. The third kappa shape index (κ3) is 6.27. The summed E-state index contributed by atoms with van der Waals surface area (Å²) in [6, 6.07) is 6.16. The van der Waals surface area contributed by atoms with Crippen LogP contribution < -0.4 is 10.1 Å². The predicted octanol–water partition coefficient (Wildman–Crippen LogP) is 1.23. The number of hydrogen-bond acceptors (Lipinski definition) is 4. The third-order valence-electron chi connectivity index (χ3n) is 2.70. The number of ether oxygens (including phenoxy) is 2. The Morgan fingerprint density at radius 2 is 2.14 bits per heavy atom. The first-order chi connectivity index (χ1) is 10.1. The number of carboxylic acid groups (broad SMARTS) is 1. The number of nitrogens with one attached hydrogen (secondary N) is 1. The van der Waals surface area contributed by atoms with Crippen LogP contribution in [0.2, 0.25) is 0 Å². The molecule has 1 amide bonds. The van der Waals surface area contributed by atoms with Gasteiger partial charge in [0.1, 0.15) is 5.75 Å². The Bertz CT molecular complexity index is 475. The Morgan fingerprint density at radius 1 is 1.38 bits per heavy atom. The van der Waals surface area contributed by atoms with Crippen molar-refractivity contribution in [2.45, 2.75) is 25.8 Å². The lowest BCUT2D eigenvalue weighted by molar-refractivity contribution is -0.143. The summed E-state index contributed by atoms with van der Waals surface area (Å²) in [6.07, 6.45) is 0.999. The lowest BCUT2D eigenvalue weighted by Crippen LogP contribution is -2.44. The Kier molecular flexibility index (Phi) is 7.25. The summed E-state index contributed by atoms with van der Waals surface area (Å²) in [4.78, 5) is 22.8. The number of rotatable bonds is 9. The molecule has 1 unspecified atom stereocenters. The van der Waals surface area contributed by atoms with Gasteiger partial charge in [-0.2, -0.15) is 0 Å². The molecule has 0 aromatic heterocycles. The standard InChI is InChI=1S/C15H21NO5/c1-3-7-21-12-6-4-5-11(8-12)9-14(17)16-13(10-20-2)15(18)19/h4-6,8,13H,3,7,9-10H2,1-2H3,(H,16,17)(H,18,19). The number of benzene rings is 1. The van der Waals surface area contributed by atoms with Crippen LogP contribution in [0.5, 0.6) is 5.75 Å². The van der Waals surface area contributed by atoms with Crippen molar-refractivity contribution in [3.8, 4) is 5.75 Å². The average molecular weight is 295 g/mol. The van der Waals surface area contributed by atoms with Crippen LogP contribution in [0.25, 0.3) is 0 Å². The lowest BCUT2D eigenvalue weighted by atomic mass is 10.1. The fraction of sp³-hybridized carbons (Fsp3) is 0.467. The molecule has 0 aliphatic heterocycles. The normalized spacial score (nSPS) is 11.7. The van der Waals surface area contributed by atoms with Gasteiger partial charge in [-0.05, 0) is 24.1 Å². The maximum absolute atomic E-state index is 11.9. The minimum atomic E-state index is -1.12. The van der Waals surface area contributed by atoms with Gasteiger partial charge in [0.2, 0.25) is 5.91 Å². The Hall–Kier alpha value is -2.08. The third-order valence-corrected chi connectivity index (χ3v) is 2.70.